The molecule has 1 aliphatic carbocycles. The number of primary amides is 1. The second-order valence-corrected chi connectivity index (χ2v) is 7.10. The van der Waals surface area contributed by atoms with Gasteiger partial charge in [-0.3, -0.25) is 4.90 Å². The number of nitrogens with one attached hydrogen (secondary N) is 1. The number of piperidine rings is 1. The summed E-state index contributed by atoms with van der Waals surface area (Å²) in [4.78, 5) is 36.6. The highest BCUT2D eigenvalue weighted by molar-refractivity contribution is 5.89. The number of hydrogen-bond acceptors (Lipinski definition) is 4. The Balaban J connectivity index is 1.42. The SMILES string of the molecule is NC(=O)N1C[C@@H]2C(c3ccc(N4C[C@H](CNC(=O)O)OC4=O)cc3F)[C@@H]2C1. The molecule has 144 valence electrons. The van der Waals surface area contributed by atoms with Gasteiger partial charge < -0.3 is 25.8 Å². The second kappa shape index (κ2) is 6.29. The molecular weight excluding hydrogens is 359 g/mol. The van der Waals surface area contributed by atoms with E-state index in [0.29, 0.717) is 24.3 Å². The molecule has 4 N–H and O–H groups in total. The number of anilines is 1. The minimum absolute atomic E-state index is 0.0278. The Kier molecular flexibility index (Phi) is 4.05. The van der Waals surface area contributed by atoms with E-state index in [4.69, 9.17) is 15.6 Å². The highest BCUT2D eigenvalue weighted by atomic mass is 19.1. The summed E-state index contributed by atoms with van der Waals surface area (Å²) in [5.74, 6) is 0.104. The van der Waals surface area contributed by atoms with Crippen molar-refractivity contribution in [3.05, 3.63) is 29.6 Å². The number of urea groups is 1. The molecule has 2 aliphatic heterocycles. The van der Waals surface area contributed by atoms with E-state index >= 15 is 0 Å². The van der Waals surface area contributed by atoms with E-state index in [1.54, 1.807) is 17.0 Å². The Morgan fingerprint density at radius 2 is 2.00 bits per heavy atom. The van der Waals surface area contributed by atoms with Gasteiger partial charge in [0.05, 0.1) is 18.8 Å². The van der Waals surface area contributed by atoms with Crippen molar-refractivity contribution >= 4 is 23.9 Å². The molecule has 1 saturated carbocycles. The van der Waals surface area contributed by atoms with Crippen LogP contribution in [0.4, 0.5) is 24.5 Å². The minimum Gasteiger partial charge on any atom is -0.465 e. The van der Waals surface area contributed by atoms with E-state index in [2.05, 4.69) is 5.32 Å². The fourth-order valence-electron chi connectivity index (χ4n) is 4.16. The number of ether oxygens (including phenoxy) is 1. The molecular formula is C17H19FN4O5. The zero-order valence-electron chi connectivity index (χ0n) is 14.3. The molecule has 4 amide bonds. The van der Waals surface area contributed by atoms with Crippen molar-refractivity contribution in [3.8, 4) is 0 Å². The number of likely N-dealkylation sites (tertiary alicyclic amines) is 1. The summed E-state index contributed by atoms with van der Waals surface area (Å²) < 4.78 is 19.8. The molecule has 2 heterocycles. The maximum absolute atomic E-state index is 14.7. The fraction of sp³-hybridized carbons (Fsp3) is 0.471. The summed E-state index contributed by atoms with van der Waals surface area (Å²) in [5, 5.41) is 10.8. The predicted octanol–water partition coefficient (Wildman–Crippen LogP) is 1.14. The lowest BCUT2D eigenvalue weighted by molar-refractivity contribution is 0.136. The average molecular weight is 378 g/mol. The lowest BCUT2D eigenvalue weighted by Crippen LogP contribution is -2.35. The number of benzene rings is 1. The Morgan fingerprint density at radius 3 is 2.59 bits per heavy atom. The van der Waals surface area contributed by atoms with Crippen LogP contribution in [0.15, 0.2) is 18.2 Å². The van der Waals surface area contributed by atoms with Gasteiger partial charge >= 0.3 is 18.2 Å². The maximum Gasteiger partial charge on any atom is 0.414 e. The smallest absolute Gasteiger partial charge is 0.414 e. The minimum atomic E-state index is -1.20. The molecule has 1 aromatic carbocycles. The number of carbonyl (C=O) groups is 3. The first kappa shape index (κ1) is 17.4. The number of nitrogens with two attached hydrogens (primary N) is 1. The van der Waals surface area contributed by atoms with Crippen molar-refractivity contribution in [2.24, 2.45) is 17.6 Å². The van der Waals surface area contributed by atoms with Gasteiger partial charge in [-0.2, -0.15) is 0 Å². The maximum atomic E-state index is 14.7. The molecule has 3 aliphatic rings. The number of rotatable bonds is 4. The van der Waals surface area contributed by atoms with E-state index in [1.807, 2.05) is 0 Å². The van der Waals surface area contributed by atoms with Crippen LogP contribution in [0.1, 0.15) is 11.5 Å². The summed E-state index contributed by atoms with van der Waals surface area (Å²) in [5.41, 5.74) is 6.22. The van der Waals surface area contributed by atoms with Gasteiger partial charge in [-0.05, 0) is 35.4 Å². The highest BCUT2D eigenvalue weighted by Crippen LogP contribution is 2.58. The molecule has 10 heteroatoms. The molecule has 1 aromatic rings. The number of nitrogens with zero attached hydrogens (tertiary/aromatic N) is 2. The number of amides is 4. The summed E-state index contributed by atoms with van der Waals surface area (Å²) >= 11 is 0. The number of hydrogen-bond donors (Lipinski definition) is 3. The number of carboxylic acid groups (broad SMARTS) is 1. The van der Waals surface area contributed by atoms with E-state index < -0.39 is 30.1 Å². The number of halogens is 1. The van der Waals surface area contributed by atoms with Crippen LogP contribution in [0.2, 0.25) is 0 Å². The summed E-state index contributed by atoms with van der Waals surface area (Å²) in [6.45, 7) is 1.20. The molecule has 0 aromatic heterocycles. The van der Waals surface area contributed by atoms with Crippen LogP contribution in [0, 0.1) is 17.7 Å². The molecule has 27 heavy (non-hydrogen) atoms. The summed E-state index contributed by atoms with van der Waals surface area (Å²) in [7, 11) is 0. The van der Waals surface area contributed by atoms with Crippen molar-refractivity contribution in [2.75, 3.05) is 31.1 Å². The second-order valence-electron chi connectivity index (χ2n) is 7.10. The third kappa shape index (κ3) is 3.11. The molecule has 2 saturated heterocycles. The highest BCUT2D eigenvalue weighted by Gasteiger charge is 2.57. The molecule has 0 radical (unpaired) electrons. The van der Waals surface area contributed by atoms with E-state index in [0.717, 1.165) is 0 Å². The van der Waals surface area contributed by atoms with Gasteiger partial charge in [-0.25, -0.2) is 18.8 Å². The average Bonchev–Trinajstić information content (AvgIpc) is 2.95. The number of cyclic esters (lactones) is 1. The van der Waals surface area contributed by atoms with Crippen LogP contribution < -0.4 is 16.0 Å². The zero-order chi connectivity index (χ0) is 19.3. The third-order valence-corrected chi connectivity index (χ3v) is 5.52. The van der Waals surface area contributed by atoms with E-state index in [9.17, 15) is 18.8 Å². The Hall–Kier alpha value is -3.04. The first-order valence-corrected chi connectivity index (χ1v) is 8.64. The van der Waals surface area contributed by atoms with Crippen molar-refractivity contribution in [1.29, 1.82) is 0 Å². The van der Waals surface area contributed by atoms with Gasteiger partial charge in [-0.15, -0.1) is 0 Å². The lowest BCUT2D eigenvalue weighted by atomic mass is 10.1. The largest absolute Gasteiger partial charge is 0.465 e. The van der Waals surface area contributed by atoms with Gasteiger partial charge in [0.2, 0.25) is 0 Å². The first-order chi connectivity index (χ1) is 12.8. The van der Waals surface area contributed by atoms with E-state index in [-0.39, 0.29) is 30.8 Å². The molecule has 4 rings (SSSR count). The fourth-order valence-corrected chi connectivity index (χ4v) is 4.16. The normalized spacial score (nSPS) is 28.7. The van der Waals surface area contributed by atoms with Crippen LogP contribution >= 0.6 is 0 Å². The van der Waals surface area contributed by atoms with Crippen LogP contribution in [-0.2, 0) is 4.74 Å². The van der Waals surface area contributed by atoms with Gasteiger partial charge in [0, 0.05) is 13.1 Å². The number of carbonyl (C=O) groups excluding carboxylic acids is 2. The Labute approximate surface area is 153 Å². The summed E-state index contributed by atoms with van der Waals surface area (Å²) in [6.07, 6.45) is -2.47. The van der Waals surface area contributed by atoms with Gasteiger partial charge in [0.25, 0.3) is 0 Å². The van der Waals surface area contributed by atoms with Crippen LogP contribution in [0.5, 0.6) is 0 Å². The molecule has 0 bridgehead atoms. The molecule has 9 nitrogen and oxygen atoms in total. The van der Waals surface area contributed by atoms with Crippen molar-refractivity contribution in [2.45, 2.75) is 12.0 Å². The first-order valence-electron chi connectivity index (χ1n) is 8.64. The van der Waals surface area contributed by atoms with Crippen LogP contribution in [-0.4, -0.2) is 60.5 Å². The zero-order valence-corrected chi connectivity index (χ0v) is 14.3. The quantitative estimate of drug-likeness (QED) is 0.725. The van der Waals surface area contributed by atoms with Crippen LogP contribution in [0.3, 0.4) is 0 Å². The lowest BCUT2D eigenvalue weighted by Gasteiger charge is -2.18. The Bertz CT molecular complexity index is 807. The van der Waals surface area contributed by atoms with Crippen LogP contribution in [0.25, 0.3) is 0 Å². The third-order valence-electron chi connectivity index (χ3n) is 5.52. The molecule has 1 unspecified atom stereocenters. The monoisotopic (exact) mass is 378 g/mol. The Morgan fingerprint density at radius 1 is 1.30 bits per heavy atom. The van der Waals surface area contributed by atoms with Crippen molar-refractivity contribution < 1.29 is 28.6 Å². The number of fused-ring (bicyclic) bond motifs is 1. The molecule has 3 fully saturated rings. The topological polar surface area (TPSA) is 125 Å². The molecule has 4 atom stereocenters. The predicted molar refractivity (Wildman–Crippen MR) is 90.9 cm³/mol. The molecule has 0 spiro atoms. The van der Waals surface area contributed by atoms with Gasteiger partial charge in [-0.1, -0.05) is 6.07 Å². The van der Waals surface area contributed by atoms with Gasteiger partial charge in [0.1, 0.15) is 11.9 Å². The van der Waals surface area contributed by atoms with E-state index in [1.165, 1.54) is 11.0 Å². The van der Waals surface area contributed by atoms with Crippen molar-refractivity contribution in [1.82, 2.24) is 10.2 Å². The van der Waals surface area contributed by atoms with Gasteiger partial charge in [0.15, 0.2) is 0 Å². The van der Waals surface area contributed by atoms with Crippen molar-refractivity contribution in [3.63, 3.8) is 0 Å². The standard InChI is InChI=1S/C17H19FN4O5/c18-13-3-8(22-5-9(27-17(22)26)4-20-16(24)25)1-2-10(13)14-11-6-21(15(19)23)7-12(11)14/h1-3,9,11-12,14,20H,4-7H2,(H2,19,23)(H,24,25)/t9-,11-,12+,14?/m0/s1. The summed E-state index contributed by atoms with van der Waals surface area (Å²) in [6, 6.07) is 4.17.